The van der Waals surface area contributed by atoms with Crippen LogP contribution in [0.25, 0.3) is 0 Å². The molecule has 0 saturated heterocycles. The highest BCUT2D eigenvalue weighted by atomic mass is 16.5. The molecule has 13 heavy (non-hydrogen) atoms. The summed E-state index contributed by atoms with van der Waals surface area (Å²) < 4.78 is 4.68. The van der Waals surface area contributed by atoms with Gasteiger partial charge in [0.2, 0.25) is 0 Å². The average Bonchev–Trinajstić information content (AvgIpc) is 2.42. The molecular formula is C10H15NO2. The minimum absolute atomic E-state index is 0.350. The van der Waals surface area contributed by atoms with Crippen LogP contribution in [0.2, 0.25) is 0 Å². The third-order valence-corrected chi connectivity index (χ3v) is 2.75. The van der Waals surface area contributed by atoms with Crippen molar-refractivity contribution in [3.8, 4) is 6.07 Å². The first-order valence-corrected chi connectivity index (χ1v) is 4.75. The van der Waals surface area contributed by atoms with Crippen molar-refractivity contribution in [1.82, 2.24) is 0 Å². The molecule has 1 aliphatic rings. The van der Waals surface area contributed by atoms with Gasteiger partial charge in [0, 0.05) is 0 Å². The number of nitriles is 1. The first-order valence-electron chi connectivity index (χ1n) is 4.75. The van der Waals surface area contributed by atoms with Gasteiger partial charge in [0.25, 0.3) is 0 Å². The molecule has 0 heterocycles. The maximum absolute atomic E-state index is 11.4. The predicted molar refractivity (Wildman–Crippen MR) is 47.8 cm³/mol. The van der Waals surface area contributed by atoms with E-state index in [0.29, 0.717) is 12.8 Å². The maximum atomic E-state index is 11.4. The molecule has 0 radical (unpaired) electrons. The molecule has 3 nitrogen and oxygen atoms in total. The second-order valence-corrected chi connectivity index (χ2v) is 3.60. The molecule has 0 aliphatic heterocycles. The number of carbonyl (C=O) groups excluding carboxylic acids is 1. The van der Waals surface area contributed by atoms with Gasteiger partial charge in [0.1, 0.15) is 0 Å². The van der Waals surface area contributed by atoms with Crippen LogP contribution in [0.3, 0.4) is 0 Å². The molecule has 72 valence electrons. The Labute approximate surface area is 78.7 Å². The van der Waals surface area contributed by atoms with E-state index in [-0.39, 0.29) is 5.97 Å². The Balaban J connectivity index is 2.78. The Morgan fingerprint density at radius 3 is 2.23 bits per heavy atom. The zero-order valence-electron chi connectivity index (χ0n) is 8.01. The number of nitrogens with zero attached hydrogens (tertiary/aromatic N) is 1. The summed E-state index contributed by atoms with van der Waals surface area (Å²) in [7, 11) is 1.35. The summed E-state index contributed by atoms with van der Waals surface area (Å²) in [6.07, 6.45) is 5.50. The zero-order chi connectivity index (χ0) is 9.73. The number of ether oxygens (including phenoxy) is 1. The van der Waals surface area contributed by atoms with Crippen LogP contribution in [-0.2, 0) is 9.53 Å². The van der Waals surface area contributed by atoms with Gasteiger partial charge in [-0.05, 0) is 12.8 Å². The van der Waals surface area contributed by atoms with E-state index in [1.54, 1.807) is 0 Å². The van der Waals surface area contributed by atoms with E-state index in [4.69, 9.17) is 5.26 Å². The third kappa shape index (κ3) is 2.00. The molecule has 0 bridgehead atoms. The summed E-state index contributed by atoms with van der Waals surface area (Å²) in [5.41, 5.74) is -0.842. The molecule has 0 unspecified atom stereocenters. The Morgan fingerprint density at radius 2 is 1.85 bits per heavy atom. The van der Waals surface area contributed by atoms with Crippen LogP contribution in [0.1, 0.15) is 38.5 Å². The summed E-state index contributed by atoms with van der Waals surface area (Å²) in [6, 6.07) is 2.13. The van der Waals surface area contributed by atoms with E-state index < -0.39 is 5.41 Å². The van der Waals surface area contributed by atoms with Crippen molar-refractivity contribution in [2.75, 3.05) is 7.11 Å². The fraction of sp³-hybridized carbons (Fsp3) is 0.800. The summed E-state index contributed by atoms with van der Waals surface area (Å²) in [4.78, 5) is 11.4. The van der Waals surface area contributed by atoms with Crippen LogP contribution in [0.15, 0.2) is 0 Å². The Kier molecular flexibility index (Phi) is 3.30. The Morgan fingerprint density at radius 1 is 1.31 bits per heavy atom. The number of rotatable bonds is 1. The topological polar surface area (TPSA) is 50.1 Å². The van der Waals surface area contributed by atoms with E-state index in [1.165, 1.54) is 7.11 Å². The van der Waals surface area contributed by atoms with Crippen LogP contribution in [-0.4, -0.2) is 13.1 Å². The van der Waals surface area contributed by atoms with Crippen molar-refractivity contribution >= 4 is 5.97 Å². The van der Waals surface area contributed by atoms with Crippen molar-refractivity contribution < 1.29 is 9.53 Å². The minimum atomic E-state index is -0.842. The molecule has 0 aromatic rings. The van der Waals surface area contributed by atoms with E-state index in [1.807, 2.05) is 0 Å². The number of hydrogen-bond acceptors (Lipinski definition) is 3. The van der Waals surface area contributed by atoms with Gasteiger partial charge >= 0.3 is 5.97 Å². The van der Waals surface area contributed by atoms with Crippen molar-refractivity contribution in [3.63, 3.8) is 0 Å². The van der Waals surface area contributed by atoms with E-state index >= 15 is 0 Å². The van der Waals surface area contributed by atoms with Crippen molar-refractivity contribution in [3.05, 3.63) is 0 Å². The van der Waals surface area contributed by atoms with Gasteiger partial charge in [-0.3, -0.25) is 4.79 Å². The number of hydrogen-bond donors (Lipinski definition) is 0. The van der Waals surface area contributed by atoms with E-state index in [9.17, 15) is 4.79 Å². The Hall–Kier alpha value is -1.04. The highest BCUT2D eigenvalue weighted by Crippen LogP contribution is 2.35. The van der Waals surface area contributed by atoms with Crippen LogP contribution in [0.5, 0.6) is 0 Å². The van der Waals surface area contributed by atoms with Gasteiger partial charge in [-0.15, -0.1) is 0 Å². The molecule has 0 atom stereocenters. The summed E-state index contributed by atoms with van der Waals surface area (Å²) in [6.45, 7) is 0. The normalized spacial score (nSPS) is 21.2. The molecule has 1 saturated carbocycles. The number of methoxy groups -OCH3 is 1. The monoisotopic (exact) mass is 181 g/mol. The van der Waals surface area contributed by atoms with Crippen LogP contribution in [0, 0.1) is 16.7 Å². The lowest BCUT2D eigenvalue weighted by Gasteiger charge is -2.20. The lowest BCUT2D eigenvalue weighted by Crippen LogP contribution is -2.30. The van der Waals surface area contributed by atoms with Gasteiger partial charge in [-0.25, -0.2) is 0 Å². The lowest BCUT2D eigenvalue weighted by atomic mass is 9.82. The molecule has 0 amide bonds. The predicted octanol–water partition coefficient (Wildman–Crippen LogP) is 2.02. The Bertz CT molecular complexity index is 222. The van der Waals surface area contributed by atoms with E-state index in [0.717, 1.165) is 25.7 Å². The first-order chi connectivity index (χ1) is 6.25. The van der Waals surface area contributed by atoms with Gasteiger partial charge in [0.15, 0.2) is 5.41 Å². The molecule has 0 spiro atoms. The second kappa shape index (κ2) is 4.27. The van der Waals surface area contributed by atoms with Crippen molar-refractivity contribution in [2.24, 2.45) is 5.41 Å². The SMILES string of the molecule is COC(=O)C1(C#N)CCCCCC1. The van der Waals surface area contributed by atoms with Crippen LogP contribution < -0.4 is 0 Å². The highest BCUT2D eigenvalue weighted by Gasteiger charge is 2.39. The lowest BCUT2D eigenvalue weighted by molar-refractivity contribution is -0.150. The van der Waals surface area contributed by atoms with Crippen LogP contribution in [0.4, 0.5) is 0 Å². The van der Waals surface area contributed by atoms with Crippen LogP contribution >= 0.6 is 0 Å². The largest absolute Gasteiger partial charge is 0.468 e. The molecule has 1 aliphatic carbocycles. The third-order valence-electron chi connectivity index (χ3n) is 2.75. The highest BCUT2D eigenvalue weighted by molar-refractivity contribution is 5.79. The molecule has 0 aromatic heterocycles. The maximum Gasteiger partial charge on any atom is 0.326 e. The quantitative estimate of drug-likeness (QED) is 0.459. The average molecular weight is 181 g/mol. The molecule has 1 rings (SSSR count). The van der Waals surface area contributed by atoms with Crippen molar-refractivity contribution in [1.29, 1.82) is 5.26 Å². The van der Waals surface area contributed by atoms with Gasteiger partial charge in [0.05, 0.1) is 13.2 Å². The number of esters is 1. The smallest absolute Gasteiger partial charge is 0.326 e. The minimum Gasteiger partial charge on any atom is -0.468 e. The summed E-state index contributed by atoms with van der Waals surface area (Å²) in [5.74, 6) is -0.350. The molecule has 3 heteroatoms. The molecular weight excluding hydrogens is 166 g/mol. The molecule has 0 aromatic carbocycles. The zero-order valence-corrected chi connectivity index (χ0v) is 8.01. The van der Waals surface area contributed by atoms with Gasteiger partial charge in [-0.1, -0.05) is 25.7 Å². The second-order valence-electron chi connectivity index (χ2n) is 3.60. The fourth-order valence-corrected chi connectivity index (χ4v) is 1.89. The van der Waals surface area contributed by atoms with Crippen molar-refractivity contribution in [2.45, 2.75) is 38.5 Å². The standard InChI is InChI=1S/C10H15NO2/c1-13-9(12)10(8-11)6-4-2-3-5-7-10/h2-7H2,1H3. The van der Waals surface area contributed by atoms with E-state index in [2.05, 4.69) is 10.8 Å². The summed E-state index contributed by atoms with van der Waals surface area (Å²) >= 11 is 0. The molecule has 0 N–H and O–H groups in total. The fourth-order valence-electron chi connectivity index (χ4n) is 1.89. The number of carbonyl (C=O) groups is 1. The van der Waals surface area contributed by atoms with Gasteiger partial charge in [-0.2, -0.15) is 5.26 Å². The molecule has 1 fully saturated rings. The first kappa shape index (κ1) is 10.0. The summed E-state index contributed by atoms with van der Waals surface area (Å²) in [5, 5.41) is 9.02. The van der Waals surface area contributed by atoms with Gasteiger partial charge < -0.3 is 4.74 Å².